The van der Waals surface area contributed by atoms with E-state index in [-0.39, 0.29) is 23.9 Å². The van der Waals surface area contributed by atoms with E-state index in [4.69, 9.17) is 4.74 Å². The topological polar surface area (TPSA) is 90.7 Å². The van der Waals surface area contributed by atoms with Crippen LogP contribution in [0.4, 0.5) is 0 Å². The van der Waals surface area contributed by atoms with Crippen LogP contribution in [0.2, 0.25) is 0 Å². The summed E-state index contributed by atoms with van der Waals surface area (Å²) in [7, 11) is 3.18. The van der Waals surface area contributed by atoms with E-state index in [1.54, 1.807) is 20.2 Å². The number of carbonyl (C=O) groups excluding carboxylic acids is 3. The molecule has 3 amide bonds. The second-order valence-corrected chi connectivity index (χ2v) is 6.73. The quantitative estimate of drug-likeness (QED) is 0.574. The highest BCUT2D eigenvalue weighted by Gasteiger charge is 2.44. The average molecular weight is 355 g/mol. The largest absolute Gasteiger partial charge is 0.385 e. The van der Waals surface area contributed by atoms with E-state index in [1.807, 2.05) is 0 Å². The van der Waals surface area contributed by atoms with Crippen molar-refractivity contribution in [2.75, 3.05) is 27.3 Å². The minimum Gasteiger partial charge on any atom is -0.385 e. The molecule has 0 saturated heterocycles. The van der Waals surface area contributed by atoms with Crippen molar-refractivity contribution in [3.05, 3.63) is 34.9 Å². The molecule has 2 aliphatic rings. The molecule has 0 aromatic heterocycles. The molecule has 0 radical (unpaired) electrons. The molecule has 0 unspecified atom stereocenters. The molecule has 1 aliphatic heterocycles. The zero-order valence-electron chi connectivity index (χ0n) is 14.9. The highest BCUT2D eigenvalue weighted by atomic mass is 16.5. The van der Waals surface area contributed by atoms with Gasteiger partial charge in [-0.25, -0.2) is 0 Å². The number of benzene rings is 1. The van der Waals surface area contributed by atoms with Crippen LogP contribution in [0, 0.1) is 11.3 Å². The number of rotatable bonds is 6. The fraction of sp³-hybridized carbons (Fsp3) is 0.474. The first kappa shape index (κ1) is 18.1. The number of methoxy groups -OCH3 is 1. The van der Waals surface area contributed by atoms with Gasteiger partial charge in [0, 0.05) is 32.9 Å². The molecule has 0 N–H and O–H groups in total. The zero-order chi connectivity index (χ0) is 18.9. The fourth-order valence-electron chi connectivity index (χ4n) is 3.42. The first-order chi connectivity index (χ1) is 12.4. The summed E-state index contributed by atoms with van der Waals surface area (Å²) in [5, 5.41) is 9.41. The van der Waals surface area contributed by atoms with Gasteiger partial charge in [-0.15, -0.1) is 0 Å². The van der Waals surface area contributed by atoms with Crippen LogP contribution in [0.15, 0.2) is 18.2 Å². The molecule has 136 valence electrons. The van der Waals surface area contributed by atoms with Gasteiger partial charge in [0.25, 0.3) is 17.7 Å². The third-order valence-corrected chi connectivity index (χ3v) is 5.28. The molecule has 7 nitrogen and oxygen atoms in total. The van der Waals surface area contributed by atoms with Crippen molar-refractivity contribution in [1.82, 2.24) is 9.80 Å². The van der Waals surface area contributed by atoms with Crippen molar-refractivity contribution >= 4 is 17.7 Å². The van der Waals surface area contributed by atoms with Crippen LogP contribution >= 0.6 is 0 Å². The zero-order valence-corrected chi connectivity index (χ0v) is 14.9. The standard InChI is InChI=1S/C19H21N3O4/c1-21(19(12-20)7-3-8-19)16(23)13-5-6-14-15(11-13)18(25)22(17(14)24)9-4-10-26-2/h5-6,11H,3-4,7-10H2,1-2H3. The Hall–Kier alpha value is -2.72. The molecule has 1 aromatic carbocycles. The minimum absolute atomic E-state index is 0.242. The second-order valence-electron chi connectivity index (χ2n) is 6.73. The summed E-state index contributed by atoms with van der Waals surface area (Å²) in [6.45, 7) is 0.735. The summed E-state index contributed by atoms with van der Waals surface area (Å²) in [6.07, 6.45) is 2.78. The van der Waals surface area contributed by atoms with Gasteiger partial charge in [-0.3, -0.25) is 19.3 Å². The minimum atomic E-state index is -0.762. The lowest BCUT2D eigenvalue weighted by Crippen LogP contribution is -2.53. The van der Waals surface area contributed by atoms with E-state index in [9.17, 15) is 19.6 Å². The predicted octanol–water partition coefficient (Wildman–Crippen LogP) is 1.84. The molecular weight excluding hydrogens is 334 g/mol. The van der Waals surface area contributed by atoms with Gasteiger partial charge in [-0.05, 0) is 43.9 Å². The van der Waals surface area contributed by atoms with Gasteiger partial charge in [-0.2, -0.15) is 5.26 Å². The van der Waals surface area contributed by atoms with Gasteiger partial charge in [0.05, 0.1) is 17.2 Å². The summed E-state index contributed by atoms with van der Waals surface area (Å²) in [6, 6.07) is 6.77. The molecule has 1 heterocycles. The Kier molecular flexibility index (Phi) is 4.79. The van der Waals surface area contributed by atoms with E-state index >= 15 is 0 Å². The molecule has 1 aromatic rings. The van der Waals surface area contributed by atoms with Gasteiger partial charge in [-0.1, -0.05) is 0 Å². The number of amides is 3. The summed E-state index contributed by atoms with van der Waals surface area (Å²) in [4.78, 5) is 40.4. The number of hydrogen-bond acceptors (Lipinski definition) is 5. The maximum Gasteiger partial charge on any atom is 0.261 e. The monoisotopic (exact) mass is 355 g/mol. The Morgan fingerprint density at radius 1 is 1.31 bits per heavy atom. The van der Waals surface area contributed by atoms with E-state index < -0.39 is 11.4 Å². The van der Waals surface area contributed by atoms with Crippen molar-refractivity contribution in [2.24, 2.45) is 0 Å². The Morgan fingerprint density at radius 3 is 2.58 bits per heavy atom. The SMILES string of the molecule is COCCCN1C(=O)c2ccc(C(=O)N(C)C3(C#N)CCC3)cc2C1=O. The highest BCUT2D eigenvalue weighted by molar-refractivity contribution is 6.22. The normalized spacial score (nSPS) is 17.5. The second kappa shape index (κ2) is 6.89. The number of imide groups is 1. The Morgan fingerprint density at radius 2 is 2.00 bits per heavy atom. The lowest BCUT2D eigenvalue weighted by Gasteiger charge is -2.42. The van der Waals surface area contributed by atoms with E-state index in [1.165, 1.54) is 21.9 Å². The predicted molar refractivity (Wildman–Crippen MR) is 92.6 cm³/mol. The van der Waals surface area contributed by atoms with Crippen molar-refractivity contribution in [1.29, 1.82) is 5.26 Å². The molecule has 7 heteroatoms. The number of nitriles is 1. The number of fused-ring (bicyclic) bond motifs is 1. The molecule has 3 rings (SSSR count). The van der Waals surface area contributed by atoms with Gasteiger partial charge >= 0.3 is 0 Å². The number of hydrogen-bond donors (Lipinski definition) is 0. The van der Waals surface area contributed by atoms with Gasteiger partial charge in [0.15, 0.2) is 0 Å². The number of nitrogens with zero attached hydrogens (tertiary/aromatic N) is 3. The van der Waals surface area contributed by atoms with Crippen LogP contribution in [0.1, 0.15) is 56.8 Å². The number of ether oxygens (including phenoxy) is 1. The van der Waals surface area contributed by atoms with Crippen LogP contribution in [-0.4, -0.2) is 60.4 Å². The first-order valence-corrected chi connectivity index (χ1v) is 8.64. The van der Waals surface area contributed by atoms with Crippen molar-refractivity contribution in [2.45, 2.75) is 31.2 Å². The van der Waals surface area contributed by atoms with Crippen molar-refractivity contribution in [3.8, 4) is 6.07 Å². The first-order valence-electron chi connectivity index (χ1n) is 8.64. The molecule has 1 saturated carbocycles. The summed E-state index contributed by atoms with van der Waals surface area (Å²) < 4.78 is 4.96. The van der Waals surface area contributed by atoms with E-state index in [0.717, 1.165) is 6.42 Å². The molecule has 0 spiro atoms. The van der Waals surface area contributed by atoms with Crippen LogP contribution in [0.5, 0.6) is 0 Å². The van der Waals surface area contributed by atoms with E-state index in [0.29, 0.717) is 37.0 Å². The lowest BCUT2D eigenvalue weighted by molar-refractivity contribution is 0.0497. The highest BCUT2D eigenvalue weighted by Crippen LogP contribution is 2.37. The molecule has 1 aliphatic carbocycles. The summed E-state index contributed by atoms with van der Waals surface area (Å²) >= 11 is 0. The van der Waals surface area contributed by atoms with Crippen LogP contribution in [0.25, 0.3) is 0 Å². The van der Waals surface area contributed by atoms with Crippen molar-refractivity contribution in [3.63, 3.8) is 0 Å². The molecule has 26 heavy (non-hydrogen) atoms. The Labute approximate surface area is 152 Å². The van der Waals surface area contributed by atoms with E-state index in [2.05, 4.69) is 6.07 Å². The van der Waals surface area contributed by atoms with Crippen LogP contribution in [0.3, 0.4) is 0 Å². The Bertz CT molecular complexity index is 807. The third-order valence-electron chi connectivity index (χ3n) is 5.28. The Balaban J connectivity index is 1.82. The van der Waals surface area contributed by atoms with Gasteiger partial charge in [0.2, 0.25) is 0 Å². The molecular formula is C19H21N3O4. The van der Waals surface area contributed by atoms with Gasteiger partial charge < -0.3 is 9.64 Å². The number of carbonyl (C=O) groups is 3. The van der Waals surface area contributed by atoms with Gasteiger partial charge in [0.1, 0.15) is 5.54 Å². The summed E-state index contributed by atoms with van der Waals surface area (Å²) in [5.41, 5.74) is 0.103. The molecule has 0 atom stereocenters. The smallest absolute Gasteiger partial charge is 0.261 e. The maximum absolute atomic E-state index is 12.8. The molecule has 0 bridgehead atoms. The lowest BCUT2D eigenvalue weighted by atomic mass is 9.76. The third kappa shape index (κ3) is 2.76. The average Bonchev–Trinajstić information content (AvgIpc) is 2.85. The fourth-order valence-corrected chi connectivity index (χ4v) is 3.42. The van der Waals surface area contributed by atoms with Crippen LogP contribution in [-0.2, 0) is 4.74 Å². The summed E-state index contributed by atoms with van der Waals surface area (Å²) in [5.74, 6) is -1.05. The maximum atomic E-state index is 12.8. The van der Waals surface area contributed by atoms with Crippen molar-refractivity contribution < 1.29 is 19.1 Å². The van der Waals surface area contributed by atoms with Crippen LogP contribution < -0.4 is 0 Å². The molecule has 1 fully saturated rings.